The van der Waals surface area contributed by atoms with Crippen LogP contribution in [0.5, 0.6) is 0 Å². The van der Waals surface area contributed by atoms with Crippen molar-refractivity contribution < 1.29 is 4.79 Å². The highest BCUT2D eigenvalue weighted by Crippen LogP contribution is 2.18. The molecule has 3 aromatic rings. The molecule has 108 valence electrons. The van der Waals surface area contributed by atoms with Gasteiger partial charge >= 0.3 is 0 Å². The highest BCUT2D eigenvalue weighted by molar-refractivity contribution is 5.84. The van der Waals surface area contributed by atoms with Crippen LogP contribution in [0.4, 0.5) is 0 Å². The second-order valence-corrected chi connectivity index (χ2v) is 4.88. The maximum Gasteiger partial charge on any atom is 0.220 e. The number of amides is 1. The van der Waals surface area contributed by atoms with Gasteiger partial charge in [-0.2, -0.15) is 0 Å². The van der Waals surface area contributed by atoms with Crippen LogP contribution >= 0.6 is 0 Å². The summed E-state index contributed by atoms with van der Waals surface area (Å²) in [6.07, 6.45) is 6.60. The molecule has 6 heteroatoms. The van der Waals surface area contributed by atoms with E-state index in [1.54, 1.807) is 17.1 Å². The second-order valence-electron chi connectivity index (χ2n) is 4.88. The molecule has 0 fully saturated rings. The first-order chi connectivity index (χ1) is 10.3. The van der Waals surface area contributed by atoms with Crippen LogP contribution in [-0.2, 0) is 17.8 Å². The molecule has 0 radical (unpaired) electrons. The fourth-order valence-electron chi connectivity index (χ4n) is 2.34. The Morgan fingerprint density at radius 2 is 2.24 bits per heavy atom. The quantitative estimate of drug-likeness (QED) is 0.720. The summed E-state index contributed by atoms with van der Waals surface area (Å²) in [4.78, 5) is 15.1. The molecule has 0 aliphatic heterocycles. The van der Waals surface area contributed by atoms with Gasteiger partial charge in [-0.1, -0.05) is 23.4 Å². The lowest BCUT2D eigenvalue weighted by Crippen LogP contribution is -2.27. The standard InChI is InChI=1S/C15H17N5O/c21-15(16-7-9-20-10-8-18-19-20)6-5-12-11-17-14-4-2-1-3-13(12)14/h1-4,8,10-11,17H,5-7,9H2,(H,16,21). The molecule has 2 aromatic heterocycles. The molecule has 0 spiro atoms. The molecule has 0 aliphatic rings. The lowest BCUT2D eigenvalue weighted by Gasteiger charge is -2.04. The number of H-pyrrole nitrogens is 1. The average Bonchev–Trinajstić information content (AvgIpc) is 3.14. The van der Waals surface area contributed by atoms with Crippen molar-refractivity contribution in [2.45, 2.75) is 19.4 Å². The van der Waals surface area contributed by atoms with Crippen LogP contribution in [-0.4, -0.2) is 32.4 Å². The highest BCUT2D eigenvalue weighted by atomic mass is 16.1. The first-order valence-corrected chi connectivity index (χ1v) is 6.99. The molecule has 0 bridgehead atoms. The van der Waals surface area contributed by atoms with Crippen LogP contribution in [0.25, 0.3) is 10.9 Å². The number of nitrogens with one attached hydrogen (secondary N) is 2. The van der Waals surface area contributed by atoms with Gasteiger partial charge in [0.1, 0.15) is 0 Å². The molecule has 2 heterocycles. The van der Waals surface area contributed by atoms with Crippen LogP contribution in [0.3, 0.4) is 0 Å². The minimum Gasteiger partial charge on any atom is -0.361 e. The van der Waals surface area contributed by atoms with Gasteiger partial charge in [-0.25, -0.2) is 0 Å². The van der Waals surface area contributed by atoms with E-state index in [0.717, 1.165) is 11.9 Å². The van der Waals surface area contributed by atoms with Gasteiger partial charge < -0.3 is 10.3 Å². The molecular weight excluding hydrogens is 266 g/mol. The number of hydrogen-bond donors (Lipinski definition) is 2. The molecule has 6 nitrogen and oxygen atoms in total. The zero-order chi connectivity index (χ0) is 14.5. The van der Waals surface area contributed by atoms with Gasteiger partial charge in [0.05, 0.1) is 12.7 Å². The molecular formula is C15H17N5O. The normalized spacial score (nSPS) is 10.9. The molecule has 0 saturated heterocycles. The van der Waals surface area contributed by atoms with Crippen LogP contribution in [0, 0.1) is 0 Å². The van der Waals surface area contributed by atoms with Crippen LogP contribution in [0.2, 0.25) is 0 Å². The van der Waals surface area contributed by atoms with Crippen LogP contribution < -0.4 is 5.32 Å². The summed E-state index contributed by atoms with van der Waals surface area (Å²) in [5, 5.41) is 11.6. The highest BCUT2D eigenvalue weighted by Gasteiger charge is 2.06. The van der Waals surface area contributed by atoms with E-state index in [-0.39, 0.29) is 5.91 Å². The summed E-state index contributed by atoms with van der Waals surface area (Å²) in [5.41, 5.74) is 2.29. The smallest absolute Gasteiger partial charge is 0.220 e. The van der Waals surface area contributed by atoms with Gasteiger partial charge in [0.15, 0.2) is 0 Å². The Bertz CT molecular complexity index is 717. The summed E-state index contributed by atoms with van der Waals surface area (Å²) in [6, 6.07) is 8.12. The van der Waals surface area contributed by atoms with Crippen molar-refractivity contribution in [2.75, 3.05) is 6.54 Å². The molecule has 0 aliphatic carbocycles. The SMILES string of the molecule is O=C(CCc1c[nH]c2ccccc12)NCCn1ccnn1. The monoisotopic (exact) mass is 283 g/mol. The molecule has 0 saturated carbocycles. The molecule has 3 rings (SSSR count). The Hall–Kier alpha value is -2.63. The summed E-state index contributed by atoms with van der Waals surface area (Å²) < 4.78 is 1.69. The Kier molecular flexibility index (Phi) is 3.95. The number of fused-ring (bicyclic) bond motifs is 1. The van der Waals surface area contributed by atoms with E-state index in [1.165, 1.54) is 10.9 Å². The minimum atomic E-state index is 0.0559. The largest absolute Gasteiger partial charge is 0.361 e. The second kappa shape index (κ2) is 6.21. The average molecular weight is 283 g/mol. The fraction of sp³-hybridized carbons (Fsp3) is 0.267. The van der Waals surface area contributed by atoms with Crippen molar-refractivity contribution in [3.05, 3.63) is 48.4 Å². The molecule has 0 unspecified atom stereocenters. The van der Waals surface area contributed by atoms with Crippen molar-refractivity contribution in [1.82, 2.24) is 25.3 Å². The van der Waals surface area contributed by atoms with E-state index < -0.39 is 0 Å². The van der Waals surface area contributed by atoms with Gasteiger partial charge in [-0.05, 0) is 18.1 Å². The van der Waals surface area contributed by atoms with E-state index in [2.05, 4.69) is 26.7 Å². The number of benzene rings is 1. The number of aromatic amines is 1. The summed E-state index contributed by atoms with van der Waals surface area (Å²) >= 11 is 0. The third-order valence-electron chi connectivity index (χ3n) is 3.43. The molecule has 1 amide bonds. The number of nitrogens with zero attached hydrogens (tertiary/aromatic N) is 3. The van der Waals surface area contributed by atoms with Gasteiger partial charge in [0.25, 0.3) is 0 Å². The van der Waals surface area contributed by atoms with Crippen molar-refractivity contribution in [3.8, 4) is 0 Å². The fourth-order valence-corrected chi connectivity index (χ4v) is 2.34. The Labute approximate surface area is 122 Å². The number of aromatic nitrogens is 4. The van der Waals surface area contributed by atoms with E-state index in [1.807, 2.05) is 24.4 Å². The third-order valence-corrected chi connectivity index (χ3v) is 3.43. The van der Waals surface area contributed by atoms with Gasteiger partial charge in [-0.15, -0.1) is 5.10 Å². The number of hydrogen-bond acceptors (Lipinski definition) is 3. The Balaban J connectivity index is 1.47. The van der Waals surface area contributed by atoms with Crippen molar-refractivity contribution in [3.63, 3.8) is 0 Å². The topological polar surface area (TPSA) is 75.6 Å². The van der Waals surface area contributed by atoms with Crippen molar-refractivity contribution >= 4 is 16.8 Å². The maximum atomic E-state index is 11.8. The van der Waals surface area contributed by atoms with E-state index in [4.69, 9.17) is 0 Å². The summed E-state index contributed by atoms with van der Waals surface area (Å²) in [5.74, 6) is 0.0559. The van der Waals surface area contributed by atoms with Gasteiger partial charge in [0, 0.05) is 36.3 Å². The first-order valence-electron chi connectivity index (χ1n) is 6.99. The van der Waals surface area contributed by atoms with E-state index in [0.29, 0.717) is 19.5 Å². The molecule has 2 N–H and O–H groups in total. The predicted molar refractivity (Wildman–Crippen MR) is 79.7 cm³/mol. The van der Waals surface area contributed by atoms with Crippen LogP contribution in [0.15, 0.2) is 42.9 Å². The molecule has 1 aromatic carbocycles. The lowest BCUT2D eigenvalue weighted by molar-refractivity contribution is -0.121. The summed E-state index contributed by atoms with van der Waals surface area (Å²) in [7, 11) is 0. The molecule has 21 heavy (non-hydrogen) atoms. The van der Waals surface area contributed by atoms with E-state index in [9.17, 15) is 4.79 Å². The lowest BCUT2D eigenvalue weighted by atomic mass is 10.1. The predicted octanol–water partition coefficient (Wildman–Crippen LogP) is 1.51. The Morgan fingerprint density at radius 1 is 1.33 bits per heavy atom. The van der Waals surface area contributed by atoms with Crippen molar-refractivity contribution in [1.29, 1.82) is 0 Å². The van der Waals surface area contributed by atoms with Crippen LogP contribution in [0.1, 0.15) is 12.0 Å². The maximum absolute atomic E-state index is 11.8. The van der Waals surface area contributed by atoms with Gasteiger partial charge in [0.2, 0.25) is 5.91 Å². The summed E-state index contributed by atoms with van der Waals surface area (Å²) in [6.45, 7) is 1.20. The number of rotatable bonds is 6. The first kappa shape index (κ1) is 13.4. The number of carbonyl (C=O) groups is 1. The number of para-hydroxylation sites is 1. The van der Waals surface area contributed by atoms with Crippen molar-refractivity contribution in [2.24, 2.45) is 0 Å². The zero-order valence-corrected chi connectivity index (χ0v) is 11.6. The van der Waals surface area contributed by atoms with Gasteiger partial charge in [-0.3, -0.25) is 9.48 Å². The zero-order valence-electron chi connectivity index (χ0n) is 11.6. The minimum absolute atomic E-state index is 0.0559. The van der Waals surface area contributed by atoms with E-state index >= 15 is 0 Å². The Morgan fingerprint density at radius 3 is 3.10 bits per heavy atom. The molecule has 0 atom stereocenters. The number of carbonyl (C=O) groups excluding carboxylic acids is 1. The third kappa shape index (κ3) is 3.28. The number of aryl methyl sites for hydroxylation is 1.